The molecule has 1 atom stereocenters. The van der Waals surface area contributed by atoms with Gasteiger partial charge in [0, 0.05) is 13.1 Å². The SMILES string of the molecule is CON(C)C(=O)[C@H](CCSC)NC1CCC1. The molecule has 0 aliphatic heterocycles. The maximum atomic E-state index is 12.0. The minimum atomic E-state index is -0.0947. The standard InChI is InChI=1S/C11H22N2O2S/c1-13(15-2)11(14)10(7-8-16-3)12-9-5-4-6-9/h9-10,12H,4-8H2,1-3H3/t10-/m0/s1. The Kier molecular flexibility index (Phi) is 6.16. The fourth-order valence-corrected chi connectivity index (χ4v) is 2.15. The number of hydrogen-bond donors (Lipinski definition) is 1. The van der Waals surface area contributed by atoms with Gasteiger partial charge in [0.15, 0.2) is 0 Å². The van der Waals surface area contributed by atoms with Crippen molar-refractivity contribution in [3.05, 3.63) is 0 Å². The summed E-state index contributed by atoms with van der Waals surface area (Å²) in [6, 6.07) is 0.434. The summed E-state index contributed by atoms with van der Waals surface area (Å²) in [5, 5.41) is 4.73. The molecule has 0 heterocycles. The number of likely N-dealkylation sites (N-methyl/N-ethyl adjacent to an activating group) is 1. The zero-order valence-electron chi connectivity index (χ0n) is 10.4. The van der Waals surface area contributed by atoms with Crippen LogP contribution in [0, 0.1) is 0 Å². The minimum absolute atomic E-state index is 0.0310. The van der Waals surface area contributed by atoms with E-state index in [9.17, 15) is 4.79 Å². The second-order valence-corrected chi connectivity index (χ2v) is 5.13. The molecule has 4 nitrogen and oxygen atoms in total. The molecule has 1 saturated carbocycles. The number of hydroxylamine groups is 2. The van der Waals surface area contributed by atoms with Crippen LogP contribution in [-0.4, -0.2) is 49.2 Å². The van der Waals surface area contributed by atoms with Gasteiger partial charge in [-0.3, -0.25) is 9.63 Å². The van der Waals surface area contributed by atoms with E-state index in [2.05, 4.69) is 11.6 Å². The molecular formula is C11H22N2O2S. The van der Waals surface area contributed by atoms with Gasteiger partial charge in [0.1, 0.15) is 0 Å². The summed E-state index contributed by atoms with van der Waals surface area (Å²) >= 11 is 1.77. The number of carbonyl (C=O) groups is 1. The topological polar surface area (TPSA) is 41.6 Å². The average molecular weight is 246 g/mol. The Morgan fingerprint density at radius 2 is 2.31 bits per heavy atom. The van der Waals surface area contributed by atoms with Gasteiger partial charge in [-0.1, -0.05) is 6.42 Å². The van der Waals surface area contributed by atoms with E-state index in [-0.39, 0.29) is 11.9 Å². The number of rotatable bonds is 7. The Morgan fingerprint density at radius 3 is 2.75 bits per heavy atom. The average Bonchev–Trinajstić information content (AvgIpc) is 2.25. The van der Waals surface area contributed by atoms with Crippen LogP contribution in [0.3, 0.4) is 0 Å². The lowest BCUT2D eigenvalue weighted by Gasteiger charge is -2.32. The largest absolute Gasteiger partial charge is 0.303 e. The maximum Gasteiger partial charge on any atom is 0.262 e. The monoisotopic (exact) mass is 246 g/mol. The van der Waals surface area contributed by atoms with E-state index in [1.807, 2.05) is 0 Å². The molecule has 16 heavy (non-hydrogen) atoms. The van der Waals surface area contributed by atoms with Crippen molar-refractivity contribution in [1.29, 1.82) is 0 Å². The van der Waals surface area contributed by atoms with E-state index in [0.29, 0.717) is 6.04 Å². The zero-order chi connectivity index (χ0) is 12.0. The highest BCUT2D eigenvalue weighted by Crippen LogP contribution is 2.19. The van der Waals surface area contributed by atoms with Crippen molar-refractivity contribution in [2.75, 3.05) is 26.2 Å². The second kappa shape index (κ2) is 7.14. The Labute approximate surface area is 102 Å². The predicted molar refractivity (Wildman–Crippen MR) is 67.3 cm³/mol. The Morgan fingerprint density at radius 1 is 1.62 bits per heavy atom. The van der Waals surface area contributed by atoms with Crippen LogP contribution in [0.5, 0.6) is 0 Å². The first-order valence-electron chi connectivity index (χ1n) is 5.75. The molecule has 0 bridgehead atoms. The highest BCUT2D eigenvalue weighted by molar-refractivity contribution is 7.98. The van der Waals surface area contributed by atoms with Crippen LogP contribution in [0.1, 0.15) is 25.7 Å². The molecular weight excluding hydrogens is 224 g/mol. The maximum absolute atomic E-state index is 12.0. The number of thioether (sulfide) groups is 1. The van der Waals surface area contributed by atoms with Crippen molar-refractivity contribution in [1.82, 2.24) is 10.4 Å². The zero-order valence-corrected chi connectivity index (χ0v) is 11.2. The highest BCUT2D eigenvalue weighted by atomic mass is 32.2. The third kappa shape index (κ3) is 3.96. The van der Waals surface area contributed by atoms with E-state index in [4.69, 9.17) is 4.84 Å². The van der Waals surface area contributed by atoms with Gasteiger partial charge in [0.25, 0.3) is 5.91 Å². The van der Waals surface area contributed by atoms with Crippen LogP contribution in [0.15, 0.2) is 0 Å². The third-order valence-corrected chi connectivity index (χ3v) is 3.68. The Bertz CT molecular complexity index is 222. The van der Waals surface area contributed by atoms with Gasteiger partial charge in [-0.2, -0.15) is 11.8 Å². The molecule has 0 aromatic rings. The van der Waals surface area contributed by atoms with Crippen molar-refractivity contribution in [3.63, 3.8) is 0 Å². The van der Waals surface area contributed by atoms with Crippen molar-refractivity contribution < 1.29 is 9.63 Å². The van der Waals surface area contributed by atoms with Gasteiger partial charge in [0.05, 0.1) is 13.2 Å². The molecule has 94 valence electrons. The van der Waals surface area contributed by atoms with Crippen molar-refractivity contribution in [2.45, 2.75) is 37.8 Å². The fourth-order valence-electron chi connectivity index (χ4n) is 1.68. The van der Waals surface area contributed by atoms with Crippen molar-refractivity contribution >= 4 is 17.7 Å². The van der Waals surface area contributed by atoms with Crippen LogP contribution in [0.2, 0.25) is 0 Å². The molecule has 0 radical (unpaired) electrons. The summed E-state index contributed by atoms with van der Waals surface area (Å²) in [6.45, 7) is 0. The number of amides is 1. The van der Waals surface area contributed by atoms with Gasteiger partial charge in [0.2, 0.25) is 0 Å². The predicted octanol–water partition coefficient (Wildman–Crippen LogP) is 1.27. The molecule has 0 aromatic carbocycles. The molecule has 1 aliphatic carbocycles. The molecule has 1 N–H and O–H groups in total. The molecule has 0 unspecified atom stereocenters. The lowest BCUT2D eigenvalue weighted by Crippen LogP contribution is -2.50. The van der Waals surface area contributed by atoms with Gasteiger partial charge >= 0.3 is 0 Å². The molecule has 1 rings (SSSR count). The van der Waals surface area contributed by atoms with E-state index in [0.717, 1.165) is 12.2 Å². The lowest BCUT2D eigenvalue weighted by atomic mass is 9.92. The summed E-state index contributed by atoms with van der Waals surface area (Å²) in [6.07, 6.45) is 6.59. The molecule has 5 heteroatoms. The van der Waals surface area contributed by atoms with E-state index < -0.39 is 0 Å². The highest BCUT2D eigenvalue weighted by Gasteiger charge is 2.27. The van der Waals surface area contributed by atoms with E-state index in [1.165, 1.54) is 31.4 Å². The first-order chi connectivity index (χ1) is 7.69. The van der Waals surface area contributed by atoms with E-state index in [1.54, 1.807) is 18.8 Å². The van der Waals surface area contributed by atoms with Crippen LogP contribution < -0.4 is 5.32 Å². The fraction of sp³-hybridized carbons (Fsp3) is 0.909. The second-order valence-electron chi connectivity index (χ2n) is 4.15. The van der Waals surface area contributed by atoms with Crippen LogP contribution in [0.4, 0.5) is 0 Å². The number of hydrogen-bond acceptors (Lipinski definition) is 4. The number of nitrogens with zero attached hydrogens (tertiary/aromatic N) is 1. The smallest absolute Gasteiger partial charge is 0.262 e. The van der Waals surface area contributed by atoms with Gasteiger partial charge in [-0.05, 0) is 31.3 Å². The molecule has 1 fully saturated rings. The van der Waals surface area contributed by atoms with Crippen molar-refractivity contribution in [3.8, 4) is 0 Å². The Hall–Kier alpha value is -0.260. The summed E-state index contributed by atoms with van der Waals surface area (Å²) in [5.74, 6) is 1.02. The normalized spacial score (nSPS) is 17.9. The molecule has 0 aromatic heterocycles. The van der Waals surface area contributed by atoms with Crippen LogP contribution >= 0.6 is 11.8 Å². The minimum Gasteiger partial charge on any atom is -0.303 e. The quantitative estimate of drug-likeness (QED) is 0.687. The Balaban J connectivity index is 2.43. The van der Waals surface area contributed by atoms with E-state index >= 15 is 0 Å². The summed E-state index contributed by atoms with van der Waals surface area (Å²) in [7, 11) is 3.18. The van der Waals surface area contributed by atoms with Gasteiger partial charge in [-0.25, -0.2) is 5.06 Å². The first kappa shape index (κ1) is 13.8. The van der Waals surface area contributed by atoms with Gasteiger partial charge in [-0.15, -0.1) is 0 Å². The van der Waals surface area contributed by atoms with Crippen LogP contribution in [-0.2, 0) is 9.63 Å². The first-order valence-corrected chi connectivity index (χ1v) is 7.15. The number of nitrogens with one attached hydrogen (secondary N) is 1. The van der Waals surface area contributed by atoms with Crippen LogP contribution in [0.25, 0.3) is 0 Å². The third-order valence-electron chi connectivity index (χ3n) is 3.04. The molecule has 1 amide bonds. The summed E-state index contributed by atoms with van der Waals surface area (Å²) in [5.41, 5.74) is 0. The van der Waals surface area contributed by atoms with Crippen molar-refractivity contribution in [2.24, 2.45) is 0 Å². The molecule has 1 aliphatic rings. The summed E-state index contributed by atoms with van der Waals surface area (Å²) in [4.78, 5) is 16.9. The lowest BCUT2D eigenvalue weighted by molar-refractivity contribution is -0.171. The molecule has 0 spiro atoms. The number of carbonyl (C=O) groups excluding carboxylic acids is 1. The van der Waals surface area contributed by atoms with Gasteiger partial charge < -0.3 is 5.32 Å². The molecule has 0 saturated heterocycles. The summed E-state index contributed by atoms with van der Waals surface area (Å²) < 4.78 is 0.